The van der Waals surface area contributed by atoms with Gasteiger partial charge in [0.15, 0.2) is 0 Å². The van der Waals surface area contributed by atoms with E-state index in [1.807, 2.05) is 0 Å². The maximum atomic E-state index is 13.0. The molecule has 1 atom stereocenters. The second kappa shape index (κ2) is 7.14. The number of pyridine rings is 1. The Hall–Kier alpha value is -2.55. The highest BCUT2D eigenvalue weighted by Crippen LogP contribution is 2.28. The lowest BCUT2D eigenvalue weighted by molar-refractivity contribution is -0.117. The molecule has 1 aromatic rings. The Morgan fingerprint density at radius 3 is 2.78 bits per heavy atom. The number of allylic oxidation sites excluding steroid dienone is 3. The summed E-state index contributed by atoms with van der Waals surface area (Å²) in [5.74, 6) is 1.54. The van der Waals surface area contributed by atoms with E-state index < -0.39 is 23.6 Å². The van der Waals surface area contributed by atoms with Crippen LogP contribution in [0.2, 0.25) is 0 Å². The predicted octanol–water partition coefficient (Wildman–Crippen LogP) is 3.50. The summed E-state index contributed by atoms with van der Waals surface area (Å²) in [6, 6.07) is 3.35. The second-order valence-electron chi connectivity index (χ2n) is 5.04. The van der Waals surface area contributed by atoms with Gasteiger partial charge in [0.2, 0.25) is 5.91 Å². The van der Waals surface area contributed by atoms with Crippen molar-refractivity contribution < 1.29 is 18.0 Å². The van der Waals surface area contributed by atoms with Gasteiger partial charge in [0.05, 0.1) is 17.5 Å². The van der Waals surface area contributed by atoms with Crippen molar-refractivity contribution in [3.05, 3.63) is 48.3 Å². The molecule has 1 unspecified atom stereocenters. The van der Waals surface area contributed by atoms with Crippen molar-refractivity contribution in [1.82, 2.24) is 4.98 Å². The fourth-order valence-electron chi connectivity index (χ4n) is 2.22. The zero-order chi connectivity index (χ0) is 16.9. The number of halogens is 3. The maximum absolute atomic E-state index is 13.0. The van der Waals surface area contributed by atoms with Crippen LogP contribution in [0.25, 0.3) is 0 Å². The minimum absolute atomic E-state index is 0.318. The summed E-state index contributed by atoms with van der Waals surface area (Å²) in [5.41, 5.74) is -0.320. The van der Waals surface area contributed by atoms with Gasteiger partial charge in [0, 0.05) is 25.1 Å². The second-order valence-corrected chi connectivity index (χ2v) is 5.04. The van der Waals surface area contributed by atoms with Crippen molar-refractivity contribution in [3.8, 4) is 12.3 Å². The Morgan fingerprint density at radius 1 is 1.39 bits per heavy atom. The normalized spacial score (nSPS) is 23.6. The van der Waals surface area contributed by atoms with Crippen molar-refractivity contribution in [2.75, 3.05) is 11.4 Å². The van der Waals surface area contributed by atoms with Gasteiger partial charge in [-0.2, -0.15) is 13.2 Å². The lowest BCUT2D eigenvalue weighted by atomic mass is 10.0. The van der Waals surface area contributed by atoms with Gasteiger partial charge in [-0.25, -0.2) is 0 Å². The highest BCUT2D eigenvalue weighted by Gasteiger charge is 2.32. The molecule has 1 aliphatic rings. The first kappa shape index (κ1) is 16.8. The van der Waals surface area contributed by atoms with Gasteiger partial charge in [-0.15, -0.1) is 6.42 Å². The van der Waals surface area contributed by atoms with Crippen LogP contribution in [0, 0.1) is 18.3 Å². The first-order valence-corrected chi connectivity index (χ1v) is 7.04. The van der Waals surface area contributed by atoms with Crippen molar-refractivity contribution in [3.63, 3.8) is 0 Å². The van der Waals surface area contributed by atoms with Crippen LogP contribution in [0.4, 0.5) is 18.9 Å². The minimum atomic E-state index is -4.52. The number of anilines is 1. The van der Waals surface area contributed by atoms with Crippen LogP contribution in [0.15, 0.2) is 48.3 Å². The summed E-state index contributed by atoms with van der Waals surface area (Å²) < 4.78 is 38.9. The smallest absolute Gasteiger partial charge is 0.311 e. The number of aromatic nitrogens is 1. The number of hydrogen-bond donors (Lipinski definition) is 0. The number of alkyl halides is 3. The molecule has 0 bridgehead atoms. The average molecular weight is 320 g/mol. The van der Waals surface area contributed by atoms with E-state index in [1.165, 1.54) is 17.2 Å². The summed E-state index contributed by atoms with van der Waals surface area (Å²) in [6.45, 7) is 0.318. The monoisotopic (exact) mass is 320 g/mol. The highest BCUT2D eigenvalue weighted by molar-refractivity contribution is 5.94. The van der Waals surface area contributed by atoms with Crippen molar-refractivity contribution in [2.45, 2.75) is 19.0 Å². The Labute approximate surface area is 132 Å². The average Bonchev–Trinajstić information content (AvgIpc) is 2.52. The summed E-state index contributed by atoms with van der Waals surface area (Å²) in [4.78, 5) is 17.7. The number of rotatable bonds is 1. The number of carbonyl (C=O) groups is 1. The molecule has 0 aromatic carbocycles. The lowest BCUT2D eigenvalue weighted by Crippen LogP contribution is -2.32. The SMILES string of the molecule is C#CC1/C=C\C(C(F)(F)F)=C/CC(=O)N(c2cccnc2)CC1. The molecule has 3 nitrogen and oxygen atoms in total. The molecule has 1 aliphatic heterocycles. The van der Waals surface area contributed by atoms with E-state index >= 15 is 0 Å². The van der Waals surface area contributed by atoms with Gasteiger partial charge in [0.25, 0.3) is 0 Å². The number of nitrogens with zero attached hydrogens (tertiary/aromatic N) is 2. The molecule has 6 heteroatoms. The quantitative estimate of drug-likeness (QED) is 0.742. The largest absolute Gasteiger partial charge is 0.416 e. The fraction of sp³-hybridized carbons (Fsp3) is 0.294. The topological polar surface area (TPSA) is 33.2 Å². The third-order valence-electron chi connectivity index (χ3n) is 3.47. The molecule has 120 valence electrons. The van der Waals surface area contributed by atoms with Crippen LogP contribution < -0.4 is 4.90 Å². The highest BCUT2D eigenvalue weighted by atomic mass is 19.4. The summed E-state index contributed by atoms with van der Waals surface area (Å²) >= 11 is 0. The molecular formula is C17H15F3N2O. The number of carbonyl (C=O) groups excluding carboxylic acids is 1. The van der Waals surface area contributed by atoms with Gasteiger partial charge in [-0.1, -0.05) is 24.1 Å². The zero-order valence-electron chi connectivity index (χ0n) is 12.3. The molecule has 0 N–H and O–H groups in total. The third kappa shape index (κ3) is 4.46. The van der Waals surface area contributed by atoms with E-state index in [1.54, 1.807) is 18.3 Å². The predicted molar refractivity (Wildman–Crippen MR) is 81.4 cm³/mol. The molecule has 1 aromatic heterocycles. The molecule has 2 rings (SSSR count). The first-order chi connectivity index (χ1) is 10.9. The van der Waals surface area contributed by atoms with Crippen LogP contribution in [0.5, 0.6) is 0 Å². The molecule has 0 radical (unpaired) electrons. The molecule has 0 spiro atoms. The van der Waals surface area contributed by atoms with Gasteiger partial charge in [0.1, 0.15) is 0 Å². The van der Waals surface area contributed by atoms with Crippen LogP contribution in [-0.2, 0) is 4.79 Å². The van der Waals surface area contributed by atoms with E-state index in [-0.39, 0.29) is 6.42 Å². The van der Waals surface area contributed by atoms with E-state index in [9.17, 15) is 18.0 Å². The Balaban J connectivity index is 2.35. The lowest BCUT2D eigenvalue weighted by Gasteiger charge is -2.24. The summed E-state index contributed by atoms with van der Waals surface area (Å²) in [5, 5.41) is 0. The zero-order valence-corrected chi connectivity index (χ0v) is 12.3. The molecule has 0 saturated heterocycles. The van der Waals surface area contributed by atoms with Gasteiger partial charge >= 0.3 is 6.18 Å². The first-order valence-electron chi connectivity index (χ1n) is 7.04. The van der Waals surface area contributed by atoms with E-state index in [0.717, 1.165) is 12.2 Å². The third-order valence-corrected chi connectivity index (χ3v) is 3.47. The van der Waals surface area contributed by atoms with Gasteiger partial charge < -0.3 is 4.90 Å². The molecule has 23 heavy (non-hydrogen) atoms. The molecule has 1 amide bonds. The van der Waals surface area contributed by atoms with Crippen LogP contribution >= 0.6 is 0 Å². The fourth-order valence-corrected chi connectivity index (χ4v) is 2.22. The molecule has 0 fully saturated rings. The van der Waals surface area contributed by atoms with E-state index in [0.29, 0.717) is 18.7 Å². The standard InChI is InChI=1S/C17H15F3N2O/c1-2-13-5-6-14(17(18,19)20)7-8-16(23)22(11-9-13)15-4-3-10-21-12-15/h1,3-7,10,12-13H,8-9,11H2/b6-5-,14-7+. The van der Waals surface area contributed by atoms with Crippen molar-refractivity contribution >= 4 is 11.6 Å². The Morgan fingerprint density at radius 2 is 2.17 bits per heavy atom. The van der Waals surface area contributed by atoms with Crippen molar-refractivity contribution in [1.29, 1.82) is 0 Å². The van der Waals surface area contributed by atoms with Crippen LogP contribution in [0.3, 0.4) is 0 Å². The van der Waals surface area contributed by atoms with E-state index in [4.69, 9.17) is 6.42 Å². The van der Waals surface area contributed by atoms with Crippen molar-refractivity contribution in [2.24, 2.45) is 5.92 Å². The van der Waals surface area contributed by atoms with Crippen LogP contribution in [0.1, 0.15) is 12.8 Å². The molecule has 2 heterocycles. The minimum Gasteiger partial charge on any atom is -0.311 e. The molecular weight excluding hydrogens is 305 g/mol. The number of terminal acetylenes is 1. The number of amides is 1. The summed E-state index contributed by atoms with van der Waals surface area (Å²) in [6.07, 6.45) is 7.15. The van der Waals surface area contributed by atoms with Crippen LogP contribution in [-0.4, -0.2) is 23.6 Å². The molecule has 0 aliphatic carbocycles. The van der Waals surface area contributed by atoms with Gasteiger partial charge in [-0.3, -0.25) is 9.78 Å². The Bertz CT molecular complexity index is 657. The summed E-state index contributed by atoms with van der Waals surface area (Å²) in [7, 11) is 0. The molecule has 0 saturated carbocycles. The number of hydrogen-bond acceptors (Lipinski definition) is 2. The Kier molecular flexibility index (Phi) is 5.22. The maximum Gasteiger partial charge on any atom is 0.416 e. The van der Waals surface area contributed by atoms with E-state index in [2.05, 4.69) is 10.9 Å². The van der Waals surface area contributed by atoms with Gasteiger partial charge in [-0.05, 0) is 18.6 Å².